The van der Waals surface area contributed by atoms with Crippen molar-refractivity contribution in [3.63, 3.8) is 0 Å². The molecular weight excluding hydrogens is 414 g/mol. The molecule has 2 bridgehead atoms. The van der Waals surface area contributed by atoms with Crippen LogP contribution in [-0.2, 0) is 9.59 Å². The van der Waals surface area contributed by atoms with Crippen molar-refractivity contribution in [3.05, 3.63) is 70.3 Å². The molecule has 0 unspecified atom stereocenters. The number of nitrogens with zero attached hydrogens (tertiary/aromatic N) is 2. The number of benzene rings is 2. The molecule has 4 atom stereocenters. The number of imide groups is 1. The molecule has 1 heterocycles. The summed E-state index contributed by atoms with van der Waals surface area (Å²) in [5, 5.41) is 13.6. The standard InChI is InChI=1S/C23H19N3O6/c1-32-18-11-16(26(30)31)8-9-17(18)24-21(27)12-4-6-15(7-5-12)25-22(28)19-13-2-3-14(10-13)20(19)23(25)29/h2-9,11,13-14,19-20H,10H2,1H3,(H,24,27)/t13-,14-,19-,20+/m0/s1. The second kappa shape index (κ2) is 7.30. The minimum absolute atomic E-state index is 0.133. The predicted octanol–water partition coefficient (Wildman–Crippen LogP) is 3.17. The SMILES string of the molecule is COc1cc([N+](=O)[O-])ccc1NC(=O)c1ccc(N2C(=O)[C@@H]3[C@H](C2=O)[C@H]2C=C[C@H]3C2)cc1. The monoisotopic (exact) mass is 433 g/mol. The van der Waals surface area contributed by atoms with E-state index in [1.54, 1.807) is 12.1 Å². The van der Waals surface area contributed by atoms with Crippen LogP contribution >= 0.6 is 0 Å². The van der Waals surface area contributed by atoms with Gasteiger partial charge in [-0.25, -0.2) is 0 Å². The molecule has 2 aromatic rings. The van der Waals surface area contributed by atoms with Crippen molar-refractivity contribution in [2.45, 2.75) is 6.42 Å². The van der Waals surface area contributed by atoms with Gasteiger partial charge in [0.15, 0.2) is 0 Å². The Kier molecular flexibility index (Phi) is 4.54. The smallest absolute Gasteiger partial charge is 0.273 e. The van der Waals surface area contributed by atoms with Crippen molar-refractivity contribution >= 4 is 34.8 Å². The first-order chi connectivity index (χ1) is 15.4. The van der Waals surface area contributed by atoms with E-state index >= 15 is 0 Å². The number of allylic oxidation sites excluding steroid dienone is 2. The molecule has 1 saturated carbocycles. The second-order valence-electron chi connectivity index (χ2n) is 8.15. The number of hydrogen-bond donors (Lipinski definition) is 1. The van der Waals surface area contributed by atoms with Gasteiger partial charge < -0.3 is 10.1 Å². The Morgan fingerprint density at radius 2 is 1.69 bits per heavy atom. The predicted molar refractivity (Wildman–Crippen MR) is 114 cm³/mol. The zero-order valence-electron chi connectivity index (χ0n) is 17.1. The maximum Gasteiger partial charge on any atom is 0.273 e. The fourth-order valence-electron chi connectivity index (χ4n) is 5.01. The molecule has 3 aliphatic rings. The quantitative estimate of drug-likeness (QED) is 0.335. The lowest BCUT2D eigenvalue weighted by molar-refractivity contribution is -0.384. The molecular formula is C23H19N3O6. The normalized spacial score (nSPS) is 25.2. The molecule has 0 spiro atoms. The van der Waals surface area contributed by atoms with E-state index < -0.39 is 10.8 Å². The van der Waals surface area contributed by atoms with Gasteiger partial charge in [-0.2, -0.15) is 0 Å². The number of hydrogen-bond acceptors (Lipinski definition) is 6. The van der Waals surface area contributed by atoms with E-state index in [0.717, 1.165) is 6.42 Å². The second-order valence-corrected chi connectivity index (χ2v) is 8.15. The highest BCUT2D eigenvalue weighted by molar-refractivity contribution is 6.23. The number of ether oxygens (including phenoxy) is 1. The Bertz CT molecular complexity index is 1160. The van der Waals surface area contributed by atoms with Gasteiger partial charge in [-0.15, -0.1) is 0 Å². The molecule has 162 valence electrons. The first kappa shape index (κ1) is 19.9. The zero-order valence-corrected chi connectivity index (χ0v) is 17.1. The molecule has 2 aromatic carbocycles. The number of fused-ring (bicyclic) bond motifs is 5. The van der Waals surface area contributed by atoms with Gasteiger partial charge in [0, 0.05) is 11.6 Å². The molecule has 2 aliphatic carbocycles. The summed E-state index contributed by atoms with van der Waals surface area (Å²) in [4.78, 5) is 50.1. The van der Waals surface area contributed by atoms with Crippen LogP contribution in [0, 0.1) is 33.8 Å². The molecule has 9 heteroatoms. The summed E-state index contributed by atoms with van der Waals surface area (Å²) in [6, 6.07) is 10.1. The third kappa shape index (κ3) is 2.96. The van der Waals surface area contributed by atoms with Gasteiger partial charge in [0.1, 0.15) is 5.75 Å². The number of amides is 3. The van der Waals surface area contributed by atoms with E-state index in [4.69, 9.17) is 4.74 Å². The number of nitrogens with one attached hydrogen (secondary N) is 1. The van der Waals surface area contributed by atoms with Gasteiger partial charge >= 0.3 is 0 Å². The van der Waals surface area contributed by atoms with Crippen molar-refractivity contribution in [3.8, 4) is 5.75 Å². The fourth-order valence-corrected chi connectivity index (χ4v) is 5.01. The van der Waals surface area contributed by atoms with Gasteiger partial charge in [0.25, 0.3) is 11.6 Å². The Labute approximate surface area is 182 Å². The number of nitro groups is 1. The molecule has 1 saturated heterocycles. The van der Waals surface area contributed by atoms with Crippen LogP contribution in [0.5, 0.6) is 5.75 Å². The Morgan fingerprint density at radius 3 is 2.25 bits per heavy atom. The van der Waals surface area contributed by atoms with Crippen LogP contribution in [0.4, 0.5) is 17.1 Å². The van der Waals surface area contributed by atoms with Gasteiger partial charge in [-0.05, 0) is 48.6 Å². The summed E-state index contributed by atoms with van der Waals surface area (Å²) in [5.74, 6) is -0.949. The third-order valence-corrected chi connectivity index (χ3v) is 6.50. The summed E-state index contributed by atoms with van der Waals surface area (Å²) >= 11 is 0. The van der Waals surface area contributed by atoms with Crippen LogP contribution in [0.3, 0.4) is 0 Å². The van der Waals surface area contributed by atoms with Crippen LogP contribution < -0.4 is 15.0 Å². The lowest BCUT2D eigenvalue weighted by Gasteiger charge is -2.17. The lowest BCUT2D eigenvalue weighted by atomic mass is 9.85. The number of nitro benzene ring substituents is 1. The van der Waals surface area contributed by atoms with E-state index in [1.165, 1.54) is 42.3 Å². The largest absolute Gasteiger partial charge is 0.494 e. The Balaban J connectivity index is 1.33. The van der Waals surface area contributed by atoms with E-state index in [9.17, 15) is 24.5 Å². The molecule has 3 amide bonds. The van der Waals surface area contributed by atoms with E-state index in [2.05, 4.69) is 5.32 Å². The first-order valence-electron chi connectivity index (χ1n) is 10.2. The number of non-ortho nitro benzene ring substituents is 1. The Hall–Kier alpha value is -4.01. The molecule has 1 aliphatic heterocycles. The number of carbonyl (C=O) groups excluding carboxylic acids is 3. The molecule has 9 nitrogen and oxygen atoms in total. The van der Waals surface area contributed by atoms with Gasteiger partial charge in [0.2, 0.25) is 11.8 Å². The van der Waals surface area contributed by atoms with Crippen LogP contribution in [0.25, 0.3) is 0 Å². The summed E-state index contributed by atoms with van der Waals surface area (Å²) in [5.41, 5.74) is 0.874. The Morgan fingerprint density at radius 1 is 1.06 bits per heavy atom. The third-order valence-electron chi connectivity index (χ3n) is 6.50. The topological polar surface area (TPSA) is 119 Å². The highest BCUT2D eigenvalue weighted by Gasteiger charge is 2.59. The summed E-state index contributed by atoms with van der Waals surface area (Å²) in [6.45, 7) is 0. The summed E-state index contributed by atoms with van der Waals surface area (Å²) < 4.78 is 5.14. The lowest BCUT2D eigenvalue weighted by Crippen LogP contribution is -2.32. The maximum atomic E-state index is 12.9. The van der Waals surface area contributed by atoms with Crippen molar-refractivity contribution in [2.24, 2.45) is 23.7 Å². The molecule has 0 radical (unpaired) electrons. The maximum absolute atomic E-state index is 12.9. The van der Waals surface area contributed by atoms with E-state index in [-0.39, 0.29) is 52.6 Å². The van der Waals surface area contributed by atoms with Crippen molar-refractivity contribution in [1.82, 2.24) is 0 Å². The van der Waals surface area contributed by atoms with Crippen LogP contribution in [-0.4, -0.2) is 29.8 Å². The van der Waals surface area contributed by atoms with Crippen LogP contribution in [0.15, 0.2) is 54.6 Å². The van der Waals surface area contributed by atoms with Gasteiger partial charge in [0.05, 0.1) is 41.3 Å². The molecule has 1 N–H and O–H groups in total. The van der Waals surface area contributed by atoms with Gasteiger partial charge in [-0.1, -0.05) is 12.2 Å². The molecule has 0 aromatic heterocycles. The highest BCUT2D eigenvalue weighted by Crippen LogP contribution is 2.53. The summed E-state index contributed by atoms with van der Waals surface area (Å²) in [6.07, 6.45) is 4.95. The average molecular weight is 433 g/mol. The highest BCUT2D eigenvalue weighted by atomic mass is 16.6. The molecule has 2 fully saturated rings. The minimum Gasteiger partial charge on any atom is -0.494 e. The summed E-state index contributed by atoms with van der Waals surface area (Å²) in [7, 11) is 1.35. The molecule has 32 heavy (non-hydrogen) atoms. The number of anilines is 2. The number of carbonyl (C=O) groups is 3. The zero-order chi connectivity index (χ0) is 22.6. The van der Waals surface area contributed by atoms with Crippen LogP contribution in [0.2, 0.25) is 0 Å². The van der Waals surface area contributed by atoms with Crippen molar-refractivity contribution in [1.29, 1.82) is 0 Å². The fraction of sp³-hybridized carbons (Fsp3) is 0.261. The van der Waals surface area contributed by atoms with E-state index in [1.807, 2.05) is 12.2 Å². The first-order valence-corrected chi connectivity index (χ1v) is 10.2. The van der Waals surface area contributed by atoms with Crippen molar-refractivity contribution in [2.75, 3.05) is 17.3 Å². The average Bonchev–Trinajstić information content (AvgIpc) is 3.47. The number of rotatable bonds is 5. The van der Waals surface area contributed by atoms with E-state index in [0.29, 0.717) is 11.3 Å². The van der Waals surface area contributed by atoms with Crippen molar-refractivity contribution < 1.29 is 24.0 Å². The van der Waals surface area contributed by atoms with Gasteiger partial charge in [-0.3, -0.25) is 29.4 Å². The van der Waals surface area contributed by atoms with Crippen LogP contribution in [0.1, 0.15) is 16.8 Å². The molecule has 5 rings (SSSR count). The number of methoxy groups -OCH3 is 1. The minimum atomic E-state index is -0.552.